The summed E-state index contributed by atoms with van der Waals surface area (Å²) in [5, 5.41) is 17.1. The molecule has 0 aromatic carbocycles. The summed E-state index contributed by atoms with van der Waals surface area (Å²) < 4.78 is 0. The lowest BCUT2D eigenvalue weighted by atomic mass is 9.98. The van der Waals surface area contributed by atoms with Crippen molar-refractivity contribution in [3.8, 4) is 0 Å². The summed E-state index contributed by atoms with van der Waals surface area (Å²) in [7, 11) is 0. The minimum absolute atomic E-state index is 0.00750. The third-order valence-corrected chi connectivity index (χ3v) is 5.06. The van der Waals surface area contributed by atoms with Gasteiger partial charge >= 0.3 is 0 Å². The molecule has 34 heavy (non-hydrogen) atoms. The fraction of sp³-hybridized carbons (Fsp3) is 0.773. The summed E-state index contributed by atoms with van der Waals surface area (Å²) in [5.74, 6) is -2.55. The number of hydrogen-bond acceptors (Lipinski definition) is 6. The number of amides is 4. The van der Waals surface area contributed by atoms with Crippen molar-refractivity contribution < 1.29 is 24.3 Å². The maximum Gasteiger partial charge on any atom is 0.243 e. The number of rotatable bonds is 16. The van der Waals surface area contributed by atoms with Crippen molar-refractivity contribution in [3.63, 3.8) is 0 Å². The SMILES string of the molecule is CC(C)C[C@H](NC(=O)[C@H](CC(C)C)NC(=O)[C@@H](C)CCCN=C(N)N)C(=O)N[C@@H](CO)C(N)=O. The predicted octanol–water partition coefficient (Wildman–Crippen LogP) is -1.30. The molecule has 0 bridgehead atoms. The molecule has 12 nitrogen and oxygen atoms in total. The number of aliphatic hydroxyl groups is 1. The first kappa shape index (κ1) is 31.1. The fourth-order valence-corrected chi connectivity index (χ4v) is 3.21. The standard InChI is InChI=1S/C22H43N7O5/c1-12(2)9-15(27-19(32)14(5)7-6-8-26-22(24)25)20(33)28-16(10-13(3)4)21(34)29-17(11-30)18(23)31/h12-17,30H,6-11H2,1-5H3,(H2,23,31)(H,27,32)(H,28,33)(H,29,34)(H4,24,25,26)/t14-,15-,16-,17-/m0/s1. The van der Waals surface area contributed by atoms with E-state index in [0.29, 0.717) is 25.8 Å². The molecular weight excluding hydrogens is 442 g/mol. The lowest BCUT2D eigenvalue weighted by Crippen LogP contribution is -2.57. The summed E-state index contributed by atoms with van der Waals surface area (Å²) in [6.07, 6.45) is 1.80. The van der Waals surface area contributed by atoms with Crippen LogP contribution in [0.1, 0.15) is 60.3 Å². The van der Waals surface area contributed by atoms with Gasteiger partial charge in [-0.1, -0.05) is 34.6 Å². The molecule has 0 aliphatic carbocycles. The Kier molecular flexibility index (Phi) is 14.5. The lowest BCUT2D eigenvalue weighted by molar-refractivity contribution is -0.134. The Bertz CT molecular complexity index is 708. The summed E-state index contributed by atoms with van der Waals surface area (Å²) in [6.45, 7) is 9.09. The van der Waals surface area contributed by atoms with Gasteiger partial charge in [-0.15, -0.1) is 0 Å². The van der Waals surface area contributed by atoms with E-state index in [1.165, 1.54) is 0 Å². The van der Waals surface area contributed by atoms with Crippen LogP contribution in [0.4, 0.5) is 0 Å². The summed E-state index contributed by atoms with van der Waals surface area (Å²) >= 11 is 0. The van der Waals surface area contributed by atoms with Crippen LogP contribution < -0.4 is 33.2 Å². The van der Waals surface area contributed by atoms with E-state index >= 15 is 0 Å². The average molecular weight is 486 g/mol. The molecule has 0 aromatic rings. The van der Waals surface area contributed by atoms with Crippen molar-refractivity contribution in [2.45, 2.75) is 78.4 Å². The molecule has 0 heterocycles. The van der Waals surface area contributed by atoms with Gasteiger partial charge in [-0.25, -0.2) is 0 Å². The van der Waals surface area contributed by atoms with Crippen molar-refractivity contribution in [1.82, 2.24) is 16.0 Å². The lowest BCUT2D eigenvalue weighted by Gasteiger charge is -2.26. The van der Waals surface area contributed by atoms with Crippen molar-refractivity contribution in [2.75, 3.05) is 13.2 Å². The van der Waals surface area contributed by atoms with Crippen LogP contribution in [-0.2, 0) is 19.2 Å². The van der Waals surface area contributed by atoms with Gasteiger partial charge in [0.25, 0.3) is 0 Å². The fourth-order valence-electron chi connectivity index (χ4n) is 3.21. The molecule has 10 N–H and O–H groups in total. The molecule has 0 aliphatic rings. The number of guanidine groups is 1. The first-order valence-electron chi connectivity index (χ1n) is 11.6. The second-order valence-corrected chi connectivity index (χ2v) is 9.38. The van der Waals surface area contributed by atoms with Crippen LogP contribution in [0, 0.1) is 17.8 Å². The van der Waals surface area contributed by atoms with E-state index in [2.05, 4.69) is 20.9 Å². The Hall–Kier alpha value is -2.89. The van der Waals surface area contributed by atoms with E-state index in [-0.39, 0.29) is 36.0 Å². The molecule has 0 rings (SSSR count). The van der Waals surface area contributed by atoms with E-state index in [1.807, 2.05) is 27.7 Å². The van der Waals surface area contributed by atoms with Crippen LogP contribution in [0.5, 0.6) is 0 Å². The predicted molar refractivity (Wildman–Crippen MR) is 130 cm³/mol. The Balaban J connectivity index is 5.31. The van der Waals surface area contributed by atoms with Gasteiger partial charge in [-0.05, 0) is 37.5 Å². The number of hydrogen-bond donors (Lipinski definition) is 7. The van der Waals surface area contributed by atoms with Gasteiger partial charge in [0.2, 0.25) is 23.6 Å². The Morgan fingerprint density at radius 2 is 1.21 bits per heavy atom. The Labute approximate surface area is 201 Å². The van der Waals surface area contributed by atoms with Crippen LogP contribution in [0.3, 0.4) is 0 Å². The second-order valence-electron chi connectivity index (χ2n) is 9.38. The van der Waals surface area contributed by atoms with Gasteiger partial charge < -0.3 is 38.3 Å². The maximum atomic E-state index is 13.1. The van der Waals surface area contributed by atoms with E-state index in [0.717, 1.165) is 0 Å². The average Bonchev–Trinajstić information content (AvgIpc) is 2.72. The molecule has 0 saturated heterocycles. The molecule has 0 radical (unpaired) electrons. The molecule has 0 unspecified atom stereocenters. The van der Waals surface area contributed by atoms with E-state index < -0.39 is 42.5 Å². The molecule has 0 aliphatic heterocycles. The second kappa shape index (κ2) is 15.9. The first-order valence-corrected chi connectivity index (χ1v) is 11.6. The zero-order valence-corrected chi connectivity index (χ0v) is 21.0. The van der Waals surface area contributed by atoms with Gasteiger partial charge in [0, 0.05) is 12.5 Å². The van der Waals surface area contributed by atoms with E-state index in [1.54, 1.807) is 6.92 Å². The molecule has 0 aromatic heterocycles. The number of carbonyl (C=O) groups is 4. The minimum Gasteiger partial charge on any atom is -0.394 e. The normalized spacial score (nSPS) is 14.6. The zero-order valence-electron chi connectivity index (χ0n) is 21.0. The first-order chi connectivity index (χ1) is 15.8. The summed E-state index contributed by atoms with van der Waals surface area (Å²) in [4.78, 5) is 53.7. The van der Waals surface area contributed by atoms with Crippen molar-refractivity contribution in [3.05, 3.63) is 0 Å². The number of primary amides is 1. The Morgan fingerprint density at radius 3 is 1.59 bits per heavy atom. The number of aliphatic hydroxyl groups excluding tert-OH is 1. The minimum atomic E-state index is -1.26. The number of carbonyl (C=O) groups excluding carboxylic acids is 4. The molecule has 4 atom stereocenters. The van der Waals surface area contributed by atoms with Crippen molar-refractivity contribution >= 4 is 29.6 Å². The van der Waals surface area contributed by atoms with Crippen LogP contribution >= 0.6 is 0 Å². The third kappa shape index (κ3) is 13.0. The van der Waals surface area contributed by atoms with Crippen LogP contribution in [0.25, 0.3) is 0 Å². The maximum absolute atomic E-state index is 13.1. The zero-order chi connectivity index (χ0) is 26.4. The number of nitrogens with one attached hydrogen (secondary N) is 3. The van der Waals surface area contributed by atoms with Gasteiger partial charge in [0.05, 0.1) is 6.61 Å². The van der Waals surface area contributed by atoms with E-state index in [9.17, 15) is 24.3 Å². The van der Waals surface area contributed by atoms with Gasteiger partial charge in [-0.2, -0.15) is 0 Å². The molecule has 196 valence electrons. The highest BCUT2D eigenvalue weighted by Gasteiger charge is 2.30. The smallest absolute Gasteiger partial charge is 0.243 e. The monoisotopic (exact) mass is 485 g/mol. The van der Waals surface area contributed by atoms with Crippen LogP contribution in [0.15, 0.2) is 4.99 Å². The van der Waals surface area contributed by atoms with Gasteiger partial charge in [-0.3, -0.25) is 24.2 Å². The highest BCUT2D eigenvalue weighted by molar-refractivity contribution is 5.94. The topological polar surface area (TPSA) is 215 Å². The molecule has 12 heteroatoms. The molecule has 0 fully saturated rings. The highest BCUT2D eigenvalue weighted by atomic mass is 16.3. The highest BCUT2D eigenvalue weighted by Crippen LogP contribution is 2.12. The molecule has 0 saturated carbocycles. The quantitative estimate of drug-likeness (QED) is 0.0795. The third-order valence-electron chi connectivity index (χ3n) is 5.06. The van der Waals surface area contributed by atoms with E-state index in [4.69, 9.17) is 17.2 Å². The molecule has 4 amide bonds. The number of aliphatic imine (C=N–C) groups is 1. The molecular formula is C22H43N7O5. The molecule has 0 spiro atoms. The number of nitrogens with zero attached hydrogens (tertiary/aromatic N) is 1. The van der Waals surface area contributed by atoms with Crippen molar-refractivity contribution in [1.29, 1.82) is 0 Å². The summed E-state index contributed by atoms with van der Waals surface area (Å²) in [5.41, 5.74) is 15.8. The largest absolute Gasteiger partial charge is 0.394 e. The Morgan fingerprint density at radius 1 is 0.765 bits per heavy atom. The van der Waals surface area contributed by atoms with Gasteiger partial charge in [0.1, 0.15) is 18.1 Å². The van der Waals surface area contributed by atoms with Crippen molar-refractivity contribution in [2.24, 2.45) is 39.9 Å². The summed E-state index contributed by atoms with van der Waals surface area (Å²) in [6, 6.07) is -3.07. The van der Waals surface area contributed by atoms with Crippen LogP contribution in [-0.4, -0.2) is 66.0 Å². The van der Waals surface area contributed by atoms with Crippen LogP contribution in [0.2, 0.25) is 0 Å². The number of nitrogens with two attached hydrogens (primary N) is 3. The van der Waals surface area contributed by atoms with Gasteiger partial charge in [0.15, 0.2) is 5.96 Å².